The summed E-state index contributed by atoms with van der Waals surface area (Å²) in [5.41, 5.74) is 0.715. The van der Waals surface area contributed by atoms with Crippen LogP contribution in [0.3, 0.4) is 0 Å². The number of amides is 1. The van der Waals surface area contributed by atoms with Crippen LogP contribution in [0.5, 0.6) is 11.5 Å². The molecule has 1 amide bonds. The Hall–Kier alpha value is -2.77. The van der Waals surface area contributed by atoms with Crippen molar-refractivity contribution >= 4 is 5.91 Å². The zero-order valence-electron chi connectivity index (χ0n) is 14.6. The summed E-state index contributed by atoms with van der Waals surface area (Å²) in [7, 11) is 0. The molecular weight excluding hydrogens is 336 g/mol. The van der Waals surface area contributed by atoms with E-state index in [0.29, 0.717) is 32.1 Å². The van der Waals surface area contributed by atoms with E-state index in [1.54, 1.807) is 4.57 Å². The molecule has 138 valence electrons. The largest absolute Gasteiger partial charge is 0.486 e. The summed E-state index contributed by atoms with van der Waals surface area (Å²) in [6.07, 6.45) is 3.92. The second-order valence-electron chi connectivity index (χ2n) is 6.57. The van der Waals surface area contributed by atoms with Crippen LogP contribution < -0.4 is 20.5 Å². The van der Waals surface area contributed by atoms with Gasteiger partial charge in [0.25, 0.3) is 0 Å². The minimum atomic E-state index is -0.241. The van der Waals surface area contributed by atoms with Gasteiger partial charge in [0.15, 0.2) is 11.5 Å². The van der Waals surface area contributed by atoms with Crippen molar-refractivity contribution in [1.82, 2.24) is 19.7 Å². The number of hydrogen-bond donors (Lipinski definition) is 1. The smallest absolute Gasteiger partial charge is 0.346 e. The fourth-order valence-corrected chi connectivity index (χ4v) is 3.32. The van der Waals surface area contributed by atoms with Gasteiger partial charge in [-0.3, -0.25) is 9.36 Å². The molecule has 8 nitrogen and oxygen atoms in total. The van der Waals surface area contributed by atoms with Crippen molar-refractivity contribution in [2.75, 3.05) is 13.2 Å². The van der Waals surface area contributed by atoms with Gasteiger partial charge >= 0.3 is 5.69 Å². The molecule has 1 N–H and O–H groups in total. The van der Waals surface area contributed by atoms with E-state index in [0.717, 1.165) is 42.8 Å². The van der Waals surface area contributed by atoms with E-state index < -0.39 is 0 Å². The molecule has 2 aliphatic rings. The van der Waals surface area contributed by atoms with Crippen LogP contribution in [0.1, 0.15) is 30.7 Å². The summed E-state index contributed by atoms with van der Waals surface area (Å²) in [5, 5.41) is 7.16. The van der Waals surface area contributed by atoms with Crippen LogP contribution in [-0.4, -0.2) is 33.5 Å². The Balaban J connectivity index is 1.38. The number of aryl methyl sites for hydroxylation is 1. The Bertz CT molecular complexity index is 871. The van der Waals surface area contributed by atoms with E-state index in [-0.39, 0.29) is 18.1 Å². The lowest BCUT2D eigenvalue weighted by Crippen LogP contribution is -2.33. The molecule has 0 fully saturated rings. The van der Waals surface area contributed by atoms with Crippen molar-refractivity contribution in [2.24, 2.45) is 0 Å². The third-order valence-corrected chi connectivity index (χ3v) is 4.67. The zero-order valence-corrected chi connectivity index (χ0v) is 14.6. The normalized spacial score (nSPS) is 15.8. The molecule has 1 aromatic heterocycles. The monoisotopic (exact) mass is 358 g/mol. The number of nitrogens with zero attached hydrogens (tertiary/aromatic N) is 3. The standard InChI is InChI=1S/C18H22N4O4/c23-17(12-22-18(24)21-7-3-1-2-4-16(21)20-22)19-11-13-5-6-14-15(10-13)26-9-8-25-14/h5-6,10H,1-4,7-9,11-12H2,(H,19,23). The highest BCUT2D eigenvalue weighted by Crippen LogP contribution is 2.30. The molecule has 0 unspecified atom stereocenters. The number of carbonyl (C=O) groups excluding carboxylic acids is 1. The SMILES string of the molecule is O=C(Cn1nc2n(c1=O)CCCCC2)NCc1ccc2c(c1)OCCO2. The number of ether oxygens (including phenoxy) is 2. The Morgan fingerprint density at radius 3 is 2.88 bits per heavy atom. The number of nitrogens with one attached hydrogen (secondary N) is 1. The summed E-state index contributed by atoms with van der Waals surface area (Å²) in [5.74, 6) is 1.96. The highest BCUT2D eigenvalue weighted by molar-refractivity contribution is 5.75. The number of fused-ring (bicyclic) bond motifs is 2. The maximum Gasteiger partial charge on any atom is 0.346 e. The lowest BCUT2D eigenvalue weighted by atomic mass is 10.2. The number of benzene rings is 1. The fraction of sp³-hybridized carbons (Fsp3) is 0.500. The summed E-state index contributed by atoms with van der Waals surface area (Å²) >= 11 is 0. The molecule has 26 heavy (non-hydrogen) atoms. The average Bonchev–Trinajstić information content (AvgIpc) is 2.83. The van der Waals surface area contributed by atoms with Gasteiger partial charge in [0.2, 0.25) is 5.91 Å². The van der Waals surface area contributed by atoms with Gasteiger partial charge in [-0.2, -0.15) is 5.10 Å². The maximum atomic E-state index is 12.4. The third-order valence-electron chi connectivity index (χ3n) is 4.67. The summed E-state index contributed by atoms with van der Waals surface area (Å²) in [6, 6.07) is 5.59. The van der Waals surface area contributed by atoms with Crippen LogP contribution in [-0.2, 0) is 30.8 Å². The van der Waals surface area contributed by atoms with Crippen molar-refractivity contribution in [3.8, 4) is 11.5 Å². The molecule has 3 heterocycles. The van der Waals surface area contributed by atoms with Crippen LogP contribution in [0.15, 0.2) is 23.0 Å². The van der Waals surface area contributed by atoms with Crippen molar-refractivity contribution in [1.29, 1.82) is 0 Å². The predicted molar refractivity (Wildman–Crippen MR) is 93.3 cm³/mol. The third kappa shape index (κ3) is 3.44. The second kappa shape index (κ2) is 7.23. The maximum absolute atomic E-state index is 12.4. The Kier molecular flexibility index (Phi) is 4.64. The summed E-state index contributed by atoms with van der Waals surface area (Å²) in [4.78, 5) is 24.6. The van der Waals surface area contributed by atoms with Gasteiger partial charge in [0, 0.05) is 19.5 Å². The van der Waals surface area contributed by atoms with Crippen LogP contribution in [0.4, 0.5) is 0 Å². The minimum absolute atomic E-state index is 0.0661. The Morgan fingerprint density at radius 1 is 1.15 bits per heavy atom. The van der Waals surface area contributed by atoms with Crippen LogP contribution in [0.25, 0.3) is 0 Å². The molecule has 1 aromatic carbocycles. The Morgan fingerprint density at radius 2 is 2.00 bits per heavy atom. The first-order chi connectivity index (χ1) is 12.7. The van der Waals surface area contributed by atoms with E-state index in [2.05, 4.69) is 10.4 Å². The van der Waals surface area contributed by atoms with Crippen LogP contribution in [0.2, 0.25) is 0 Å². The first kappa shape index (κ1) is 16.7. The molecule has 0 atom stereocenters. The van der Waals surface area contributed by atoms with Crippen molar-refractivity contribution in [2.45, 2.75) is 45.3 Å². The van der Waals surface area contributed by atoms with E-state index >= 15 is 0 Å². The molecule has 0 aliphatic carbocycles. The Labute approximate surface area is 150 Å². The van der Waals surface area contributed by atoms with Gasteiger partial charge in [-0.05, 0) is 30.5 Å². The van der Waals surface area contributed by atoms with E-state index in [9.17, 15) is 9.59 Å². The average molecular weight is 358 g/mol. The topological polar surface area (TPSA) is 87.4 Å². The van der Waals surface area contributed by atoms with Gasteiger partial charge in [-0.25, -0.2) is 9.48 Å². The number of carbonyl (C=O) groups is 1. The number of rotatable bonds is 4. The van der Waals surface area contributed by atoms with E-state index in [1.165, 1.54) is 4.68 Å². The molecule has 0 radical (unpaired) electrons. The summed E-state index contributed by atoms with van der Waals surface area (Å²) in [6.45, 7) is 2.05. The van der Waals surface area contributed by atoms with Crippen LogP contribution >= 0.6 is 0 Å². The molecule has 0 spiro atoms. The van der Waals surface area contributed by atoms with Crippen LogP contribution in [0, 0.1) is 0 Å². The number of hydrogen-bond acceptors (Lipinski definition) is 5. The quantitative estimate of drug-likeness (QED) is 0.876. The molecule has 0 bridgehead atoms. The lowest BCUT2D eigenvalue weighted by Gasteiger charge is -2.18. The van der Waals surface area contributed by atoms with Crippen molar-refractivity contribution in [3.63, 3.8) is 0 Å². The van der Waals surface area contributed by atoms with Crippen molar-refractivity contribution in [3.05, 3.63) is 40.1 Å². The highest BCUT2D eigenvalue weighted by Gasteiger charge is 2.17. The lowest BCUT2D eigenvalue weighted by molar-refractivity contribution is -0.122. The van der Waals surface area contributed by atoms with Gasteiger partial charge in [0.05, 0.1) is 0 Å². The van der Waals surface area contributed by atoms with E-state index in [1.807, 2.05) is 18.2 Å². The molecule has 0 saturated carbocycles. The summed E-state index contributed by atoms with van der Waals surface area (Å²) < 4.78 is 14.0. The molecular formula is C18H22N4O4. The van der Waals surface area contributed by atoms with Gasteiger partial charge in [-0.1, -0.05) is 12.5 Å². The van der Waals surface area contributed by atoms with Gasteiger partial charge in [0.1, 0.15) is 25.6 Å². The minimum Gasteiger partial charge on any atom is -0.486 e. The van der Waals surface area contributed by atoms with Crippen molar-refractivity contribution < 1.29 is 14.3 Å². The van der Waals surface area contributed by atoms with E-state index in [4.69, 9.17) is 9.47 Å². The predicted octanol–water partition coefficient (Wildman–Crippen LogP) is 0.859. The van der Waals surface area contributed by atoms with Gasteiger partial charge < -0.3 is 14.8 Å². The molecule has 8 heteroatoms. The first-order valence-corrected chi connectivity index (χ1v) is 9.02. The molecule has 2 aliphatic heterocycles. The fourth-order valence-electron chi connectivity index (χ4n) is 3.32. The molecule has 2 aromatic rings. The second-order valence-corrected chi connectivity index (χ2v) is 6.57. The number of aromatic nitrogens is 3. The molecule has 0 saturated heterocycles. The molecule has 4 rings (SSSR count). The first-order valence-electron chi connectivity index (χ1n) is 9.02. The zero-order chi connectivity index (χ0) is 17.9. The highest BCUT2D eigenvalue weighted by atomic mass is 16.6. The van der Waals surface area contributed by atoms with Gasteiger partial charge in [-0.15, -0.1) is 0 Å².